The van der Waals surface area contributed by atoms with Crippen molar-refractivity contribution in [2.24, 2.45) is 5.92 Å². The third-order valence-corrected chi connectivity index (χ3v) is 3.92. The number of carbonyl (C=O) groups is 2. The first-order chi connectivity index (χ1) is 9.54. The second-order valence-electron chi connectivity index (χ2n) is 8.10. The molecule has 4 nitrogen and oxygen atoms in total. The maximum atomic E-state index is 12.6. The molecule has 0 bridgehead atoms. The summed E-state index contributed by atoms with van der Waals surface area (Å²) in [6.07, 6.45) is 5.37. The summed E-state index contributed by atoms with van der Waals surface area (Å²) in [5.41, 5.74) is -0.736. The maximum absolute atomic E-state index is 12.6. The number of hydrogen-bond donors (Lipinski definition) is 0. The first kappa shape index (κ1) is 18.0. The fraction of sp³-hybridized carbons (Fsp3) is 0.882. The van der Waals surface area contributed by atoms with E-state index in [1.165, 1.54) is 0 Å². The number of hydrogen-bond acceptors (Lipinski definition) is 3. The predicted molar refractivity (Wildman–Crippen MR) is 84.3 cm³/mol. The summed E-state index contributed by atoms with van der Waals surface area (Å²) in [5.74, 6) is 0.485. The normalized spacial score (nSPS) is 23.5. The van der Waals surface area contributed by atoms with E-state index < -0.39 is 5.60 Å². The van der Waals surface area contributed by atoms with Crippen LogP contribution < -0.4 is 0 Å². The molecule has 0 unspecified atom stereocenters. The Bertz CT molecular complexity index is 357. The molecular formula is C17H31NO3. The SMILES string of the molecule is CC(C)(C)OC(=O)N(C1CCC(CC=O)CC1)C(C)(C)C. The fourth-order valence-corrected chi connectivity index (χ4v) is 3.06. The van der Waals surface area contributed by atoms with Crippen molar-refractivity contribution in [3.05, 3.63) is 0 Å². The molecule has 1 fully saturated rings. The van der Waals surface area contributed by atoms with Gasteiger partial charge < -0.3 is 14.4 Å². The van der Waals surface area contributed by atoms with E-state index in [0.717, 1.165) is 32.0 Å². The van der Waals surface area contributed by atoms with Crippen LogP contribution in [0.3, 0.4) is 0 Å². The van der Waals surface area contributed by atoms with Crippen molar-refractivity contribution in [1.82, 2.24) is 4.90 Å². The minimum Gasteiger partial charge on any atom is -0.444 e. The van der Waals surface area contributed by atoms with Gasteiger partial charge >= 0.3 is 6.09 Å². The third kappa shape index (κ3) is 5.68. The van der Waals surface area contributed by atoms with Gasteiger partial charge in [0.25, 0.3) is 0 Å². The molecule has 21 heavy (non-hydrogen) atoms. The summed E-state index contributed by atoms with van der Waals surface area (Å²) in [4.78, 5) is 25.1. The van der Waals surface area contributed by atoms with Crippen LogP contribution in [-0.2, 0) is 9.53 Å². The highest BCUT2D eigenvalue weighted by molar-refractivity contribution is 5.69. The molecule has 0 heterocycles. The standard InChI is InChI=1S/C17H31NO3/c1-16(2,3)18(15(20)21-17(4,5)6)14-9-7-13(8-10-14)11-12-19/h12-14H,7-11H2,1-6H3. The Morgan fingerprint density at radius 1 is 1.10 bits per heavy atom. The average molecular weight is 297 g/mol. The molecule has 1 aliphatic carbocycles. The summed E-state index contributed by atoms with van der Waals surface area (Å²) in [6, 6.07) is 0.211. The molecule has 1 saturated carbocycles. The zero-order valence-electron chi connectivity index (χ0n) is 14.4. The Hall–Kier alpha value is -1.06. The van der Waals surface area contributed by atoms with Crippen LogP contribution in [0, 0.1) is 5.92 Å². The van der Waals surface area contributed by atoms with E-state index in [2.05, 4.69) is 20.8 Å². The van der Waals surface area contributed by atoms with Crippen LogP contribution in [0.15, 0.2) is 0 Å². The van der Waals surface area contributed by atoms with Crippen molar-refractivity contribution >= 4 is 12.4 Å². The van der Waals surface area contributed by atoms with Crippen LogP contribution in [0.5, 0.6) is 0 Å². The molecule has 0 N–H and O–H groups in total. The Balaban J connectivity index is 2.76. The van der Waals surface area contributed by atoms with Crippen LogP contribution in [0.1, 0.15) is 73.6 Å². The lowest BCUT2D eigenvalue weighted by molar-refractivity contribution is -0.109. The summed E-state index contributed by atoms with van der Waals surface area (Å²) in [6.45, 7) is 11.8. The zero-order chi connectivity index (χ0) is 16.3. The molecule has 0 aromatic rings. The molecule has 1 aliphatic rings. The van der Waals surface area contributed by atoms with Crippen molar-refractivity contribution < 1.29 is 14.3 Å². The lowest BCUT2D eigenvalue weighted by atomic mass is 9.82. The monoisotopic (exact) mass is 297 g/mol. The lowest BCUT2D eigenvalue weighted by Gasteiger charge is -2.44. The van der Waals surface area contributed by atoms with Gasteiger partial charge in [0.15, 0.2) is 0 Å². The van der Waals surface area contributed by atoms with Gasteiger partial charge in [-0.1, -0.05) is 0 Å². The number of rotatable bonds is 3. The van der Waals surface area contributed by atoms with E-state index in [9.17, 15) is 9.59 Å². The van der Waals surface area contributed by atoms with E-state index in [1.54, 1.807) is 0 Å². The molecule has 0 atom stereocenters. The van der Waals surface area contributed by atoms with Gasteiger partial charge in [0, 0.05) is 18.0 Å². The second-order valence-corrected chi connectivity index (χ2v) is 8.10. The van der Waals surface area contributed by atoms with Crippen LogP contribution >= 0.6 is 0 Å². The Kier molecular flexibility index (Phi) is 5.83. The minimum absolute atomic E-state index is 0.211. The summed E-state index contributed by atoms with van der Waals surface area (Å²) in [7, 11) is 0. The molecule has 0 aromatic heterocycles. The van der Waals surface area contributed by atoms with Crippen molar-refractivity contribution in [3.63, 3.8) is 0 Å². The topological polar surface area (TPSA) is 46.6 Å². The van der Waals surface area contributed by atoms with Crippen molar-refractivity contribution in [2.75, 3.05) is 0 Å². The smallest absolute Gasteiger partial charge is 0.410 e. The first-order valence-electron chi connectivity index (χ1n) is 8.00. The average Bonchev–Trinajstić information content (AvgIpc) is 2.27. The predicted octanol–water partition coefficient (Wildman–Crippen LogP) is 4.17. The van der Waals surface area contributed by atoms with Crippen LogP contribution in [0.4, 0.5) is 4.79 Å². The summed E-state index contributed by atoms with van der Waals surface area (Å²) < 4.78 is 5.58. The number of aldehydes is 1. The highest BCUT2D eigenvalue weighted by Gasteiger charge is 2.37. The molecule has 0 spiro atoms. The molecule has 4 heteroatoms. The largest absolute Gasteiger partial charge is 0.444 e. The molecule has 0 aromatic carbocycles. The maximum Gasteiger partial charge on any atom is 0.410 e. The van der Waals surface area contributed by atoms with E-state index in [4.69, 9.17) is 4.74 Å². The van der Waals surface area contributed by atoms with Crippen LogP contribution in [0.2, 0.25) is 0 Å². The van der Waals surface area contributed by atoms with Crippen LogP contribution in [0.25, 0.3) is 0 Å². The fourth-order valence-electron chi connectivity index (χ4n) is 3.06. The highest BCUT2D eigenvalue weighted by Crippen LogP contribution is 2.33. The van der Waals surface area contributed by atoms with Gasteiger partial charge in [-0.05, 0) is 73.1 Å². The Morgan fingerprint density at radius 2 is 1.62 bits per heavy atom. The summed E-state index contributed by atoms with van der Waals surface area (Å²) in [5, 5.41) is 0. The number of ether oxygens (including phenoxy) is 1. The van der Waals surface area contributed by atoms with Gasteiger partial charge in [-0.3, -0.25) is 0 Å². The molecule has 0 aliphatic heterocycles. The number of nitrogens with zero attached hydrogens (tertiary/aromatic N) is 1. The molecule has 122 valence electrons. The minimum atomic E-state index is -0.477. The molecular weight excluding hydrogens is 266 g/mol. The molecule has 0 radical (unpaired) electrons. The molecule has 1 rings (SSSR count). The first-order valence-corrected chi connectivity index (χ1v) is 8.00. The van der Waals surface area contributed by atoms with Gasteiger partial charge in [0.2, 0.25) is 0 Å². The highest BCUT2D eigenvalue weighted by atomic mass is 16.6. The Morgan fingerprint density at radius 3 is 2.00 bits per heavy atom. The zero-order valence-corrected chi connectivity index (χ0v) is 14.4. The summed E-state index contributed by atoms with van der Waals surface area (Å²) >= 11 is 0. The van der Waals surface area contributed by atoms with Crippen molar-refractivity contribution in [1.29, 1.82) is 0 Å². The molecule has 1 amide bonds. The van der Waals surface area contributed by atoms with Gasteiger partial charge in [-0.25, -0.2) is 4.79 Å². The van der Waals surface area contributed by atoms with Gasteiger partial charge in [-0.15, -0.1) is 0 Å². The van der Waals surface area contributed by atoms with E-state index in [0.29, 0.717) is 12.3 Å². The van der Waals surface area contributed by atoms with Crippen molar-refractivity contribution in [3.8, 4) is 0 Å². The van der Waals surface area contributed by atoms with E-state index in [-0.39, 0.29) is 17.7 Å². The second kappa shape index (κ2) is 6.80. The number of amides is 1. The van der Waals surface area contributed by atoms with E-state index >= 15 is 0 Å². The van der Waals surface area contributed by atoms with E-state index in [1.807, 2.05) is 25.7 Å². The van der Waals surface area contributed by atoms with Gasteiger partial charge in [-0.2, -0.15) is 0 Å². The van der Waals surface area contributed by atoms with Crippen molar-refractivity contribution in [2.45, 2.75) is 90.8 Å². The Labute approximate surface area is 129 Å². The van der Waals surface area contributed by atoms with Crippen LogP contribution in [-0.4, -0.2) is 34.5 Å². The molecule has 0 saturated heterocycles. The quantitative estimate of drug-likeness (QED) is 0.734. The number of carbonyl (C=O) groups excluding carboxylic acids is 2. The van der Waals surface area contributed by atoms with Gasteiger partial charge in [0.1, 0.15) is 11.9 Å². The van der Waals surface area contributed by atoms with Gasteiger partial charge in [0.05, 0.1) is 0 Å². The lowest BCUT2D eigenvalue weighted by Crippen LogP contribution is -2.54. The third-order valence-electron chi connectivity index (χ3n) is 3.92.